The number of morpholine rings is 1. The van der Waals surface area contributed by atoms with Crippen molar-refractivity contribution in [2.75, 3.05) is 26.3 Å². The van der Waals surface area contributed by atoms with E-state index in [1.54, 1.807) is 30.7 Å². The van der Waals surface area contributed by atoms with Crippen LogP contribution in [-0.4, -0.2) is 51.8 Å². The molecule has 0 bridgehead atoms. The third-order valence-corrected chi connectivity index (χ3v) is 6.03. The van der Waals surface area contributed by atoms with Crippen molar-refractivity contribution < 1.29 is 14.5 Å². The van der Waals surface area contributed by atoms with Gasteiger partial charge in [-0.25, -0.2) is 0 Å². The fourth-order valence-electron chi connectivity index (χ4n) is 4.18. The fraction of sp³-hybridized carbons (Fsp3) is 0.360. The SMILES string of the molecule is Cc1nn(Cc2ccc(C(=O)NCc3cccc(CN4CCOCC4)c3)cc2)c(C)c1[N+](=O)[O-]. The van der Waals surface area contributed by atoms with E-state index in [-0.39, 0.29) is 11.6 Å². The van der Waals surface area contributed by atoms with Crippen LogP contribution in [0.25, 0.3) is 0 Å². The quantitative estimate of drug-likeness (QED) is 0.407. The number of nitrogens with zero attached hydrogens (tertiary/aromatic N) is 4. The molecule has 0 spiro atoms. The first-order valence-electron chi connectivity index (χ1n) is 11.3. The van der Waals surface area contributed by atoms with Gasteiger partial charge in [0.05, 0.1) is 24.7 Å². The molecule has 1 N–H and O–H groups in total. The van der Waals surface area contributed by atoms with Gasteiger partial charge >= 0.3 is 5.69 Å². The minimum Gasteiger partial charge on any atom is -0.379 e. The lowest BCUT2D eigenvalue weighted by Crippen LogP contribution is -2.35. The van der Waals surface area contributed by atoms with Crippen molar-refractivity contribution in [2.45, 2.75) is 33.5 Å². The Labute approximate surface area is 198 Å². The average molecular weight is 464 g/mol. The first-order valence-corrected chi connectivity index (χ1v) is 11.3. The number of rotatable bonds is 8. The van der Waals surface area contributed by atoms with Crippen molar-refractivity contribution in [1.82, 2.24) is 20.0 Å². The number of hydrogen-bond acceptors (Lipinski definition) is 6. The molecule has 178 valence electrons. The Morgan fingerprint density at radius 1 is 1.06 bits per heavy atom. The highest BCUT2D eigenvalue weighted by atomic mass is 16.6. The van der Waals surface area contributed by atoms with Gasteiger partial charge in [0, 0.05) is 31.7 Å². The molecule has 1 aliphatic heterocycles. The third-order valence-electron chi connectivity index (χ3n) is 6.03. The van der Waals surface area contributed by atoms with Gasteiger partial charge in [-0.05, 0) is 42.7 Å². The van der Waals surface area contributed by atoms with Gasteiger partial charge in [-0.1, -0.05) is 36.4 Å². The van der Waals surface area contributed by atoms with Crippen LogP contribution in [0.2, 0.25) is 0 Å². The number of hydrogen-bond donors (Lipinski definition) is 1. The number of aromatic nitrogens is 2. The number of aryl methyl sites for hydroxylation is 1. The van der Waals surface area contributed by atoms with Gasteiger partial charge in [0.1, 0.15) is 11.4 Å². The Balaban J connectivity index is 1.33. The van der Waals surface area contributed by atoms with Crippen molar-refractivity contribution in [3.63, 3.8) is 0 Å². The maximum atomic E-state index is 12.6. The summed E-state index contributed by atoms with van der Waals surface area (Å²) in [6.45, 7) is 8.48. The zero-order valence-electron chi connectivity index (χ0n) is 19.5. The summed E-state index contributed by atoms with van der Waals surface area (Å²) in [5, 5.41) is 18.5. The smallest absolute Gasteiger partial charge is 0.312 e. The minimum absolute atomic E-state index is 0.0463. The van der Waals surface area contributed by atoms with E-state index in [0.29, 0.717) is 30.0 Å². The van der Waals surface area contributed by atoms with Crippen LogP contribution in [0, 0.1) is 24.0 Å². The molecule has 1 aromatic heterocycles. The highest BCUT2D eigenvalue weighted by Crippen LogP contribution is 2.22. The van der Waals surface area contributed by atoms with E-state index in [2.05, 4.69) is 27.4 Å². The molecule has 1 fully saturated rings. The van der Waals surface area contributed by atoms with Crippen LogP contribution in [0.5, 0.6) is 0 Å². The maximum Gasteiger partial charge on any atom is 0.312 e. The second-order valence-electron chi connectivity index (χ2n) is 8.52. The summed E-state index contributed by atoms with van der Waals surface area (Å²) < 4.78 is 7.02. The summed E-state index contributed by atoms with van der Waals surface area (Å²) in [5.41, 5.74) is 4.71. The van der Waals surface area contributed by atoms with Crippen LogP contribution in [-0.2, 0) is 24.4 Å². The van der Waals surface area contributed by atoms with E-state index in [1.165, 1.54) is 5.56 Å². The predicted octanol–water partition coefficient (Wildman–Crippen LogP) is 3.22. The lowest BCUT2D eigenvalue weighted by Gasteiger charge is -2.26. The van der Waals surface area contributed by atoms with Crippen molar-refractivity contribution in [1.29, 1.82) is 0 Å². The lowest BCUT2D eigenvalue weighted by atomic mass is 10.1. The monoisotopic (exact) mass is 463 g/mol. The van der Waals surface area contributed by atoms with Crippen LogP contribution < -0.4 is 5.32 Å². The first kappa shape index (κ1) is 23.6. The van der Waals surface area contributed by atoms with Crippen LogP contribution in [0.15, 0.2) is 48.5 Å². The van der Waals surface area contributed by atoms with Gasteiger partial charge in [0.25, 0.3) is 5.91 Å². The van der Waals surface area contributed by atoms with Gasteiger partial charge in [-0.2, -0.15) is 5.10 Å². The molecule has 0 radical (unpaired) electrons. The van der Waals surface area contributed by atoms with Crippen LogP contribution in [0.3, 0.4) is 0 Å². The zero-order valence-corrected chi connectivity index (χ0v) is 19.5. The number of carbonyl (C=O) groups is 1. The summed E-state index contributed by atoms with van der Waals surface area (Å²) in [6.07, 6.45) is 0. The number of ether oxygens (including phenoxy) is 1. The van der Waals surface area contributed by atoms with Gasteiger partial charge in [0.2, 0.25) is 0 Å². The highest BCUT2D eigenvalue weighted by Gasteiger charge is 2.21. The largest absolute Gasteiger partial charge is 0.379 e. The Bertz CT molecular complexity index is 1170. The molecule has 0 aliphatic carbocycles. The van der Waals surface area contributed by atoms with Crippen LogP contribution in [0.1, 0.15) is 38.4 Å². The fourth-order valence-corrected chi connectivity index (χ4v) is 4.18. The van der Waals surface area contributed by atoms with E-state index in [4.69, 9.17) is 4.74 Å². The number of nitrogens with one attached hydrogen (secondary N) is 1. The lowest BCUT2D eigenvalue weighted by molar-refractivity contribution is -0.386. The minimum atomic E-state index is -0.403. The Morgan fingerprint density at radius 3 is 2.44 bits per heavy atom. The Hall–Kier alpha value is -3.56. The molecular formula is C25H29N5O4. The Morgan fingerprint density at radius 2 is 1.76 bits per heavy atom. The third kappa shape index (κ3) is 5.67. The molecule has 2 aromatic carbocycles. The molecule has 0 saturated carbocycles. The van der Waals surface area contributed by atoms with E-state index >= 15 is 0 Å². The Kier molecular flexibility index (Phi) is 7.34. The summed E-state index contributed by atoms with van der Waals surface area (Å²) >= 11 is 0. The van der Waals surface area contributed by atoms with Crippen molar-refractivity contribution in [3.8, 4) is 0 Å². The molecule has 1 saturated heterocycles. The van der Waals surface area contributed by atoms with E-state index in [1.807, 2.05) is 24.3 Å². The van der Waals surface area contributed by atoms with Gasteiger partial charge in [0.15, 0.2) is 0 Å². The molecule has 1 amide bonds. The second kappa shape index (κ2) is 10.6. The summed E-state index contributed by atoms with van der Waals surface area (Å²) in [7, 11) is 0. The molecule has 9 nitrogen and oxygen atoms in total. The van der Waals surface area contributed by atoms with Crippen LogP contribution >= 0.6 is 0 Å². The van der Waals surface area contributed by atoms with Gasteiger partial charge in [-0.15, -0.1) is 0 Å². The van der Waals surface area contributed by atoms with E-state index in [9.17, 15) is 14.9 Å². The molecule has 3 aromatic rings. The van der Waals surface area contributed by atoms with Gasteiger partial charge < -0.3 is 10.1 Å². The molecule has 9 heteroatoms. The topological polar surface area (TPSA) is 103 Å². The molecule has 0 atom stereocenters. The summed E-state index contributed by atoms with van der Waals surface area (Å²) in [4.78, 5) is 25.8. The molecule has 0 unspecified atom stereocenters. The van der Waals surface area contributed by atoms with Crippen molar-refractivity contribution in [3.05, 3.63) is 92.3 Å². The van der Waals surface area contributed by atoms with Gasteiger partial charge in [-0.3, -0.25) is 24.5 Å². The molecule has 4 rings (SSSR count). The zero-order chi connectivity index (χ0) is 24.1. The number of nitro groups is 1. The van der Waals surface area contributed by atoms with Crippen molar-refractivity contribution >= 4 is 11.6 Å². The maximum absolute atomic E-state index is 12.6. The van der Waals surface area contributed by atoms with Crippen molar-refractivity contribution in [2.24, 2.45) is 0 Å². The summed E-state index contributed by atoms with van der Waals surface area (Å²) in [5.74, 6) is -0.146. The molecule has 1 aliphatic rings. The van der Waals surface area contributed by atoms with E-state index < -0.39 is 4.92 Å². The second-order valence-corrected chi connectivity index (χ2v) is 8.52. The number of carbonyl (C=O) groups excluding carboxylic acids is 1. The molecular weight excluding hydrogens is 434 g/mol. The highest BCUT2D eigenvalue weighted by molar-refractivity contribution is 5.94. The standard InChI is InChI=1S/C25H29N5O4/c1-18-24(30(32)33)19(2)29(27-18)17-20-6-8-23(9-7-20)25(31)26-15-21-4-3-5-22(14-21)16-28-10-12-34-13-11-28/h3-9,14H,10-13,15-17H2,1-2H3,(H,26,31). The van der Waals surface area contributed by atoms with Crippen LogP contribution in [0.4, 0.5) is 5.69 Å². The number of benzene rings is 2. The van der Waals surface area contributed by atoms with E-state index in [0.717, 1.165) is 44.0 Å². The average Bonchev–Trinajstić information content (AvgIpc) is 3.11. The summed E-state index contributed by atoms with van der Waals surface area (Å²) in [6, 6.07) is 15.5. The molecule has 2 heterocycles. The molecule has 34 heavy (non-hydrogen) atoms. The predicted molar refractivity (Wildman–Crippen MR) is 128 cm³/mol. The normalized spacial score (nSPS) is 14.2. The first-order chi connectivity index (χ1) is 16.4. The number of amides is 1.